The van der Waals surface area contributed by atoms with Gasteiger partial charge in [-0.2, -0.15) is 0 Å². The van der Waals surface area contributed by atoms with E-state index in [1.54, 1.807) is 24.3 Å². The van der Waals surface area contributed by atoms with E-state index in [9.17, 15) is 0 Å². The highest BCUT2D eigenvalue weighted by molar-refractivity contribution is 6.34. The molecule has 0 aliphatic rings. The molecule has 0 saturated heterocycles. The predicted octanol–water partition coefficient (Wildman–Crippen LogP) is 7.57. The second-order valence-electron chi connectivity index (χ2n) is 6.68. The molecule has 0 aliphatic heterocycles. The van der Waals surface area contributed by atoms with Gasteiger partial charge < -0.3 is 11.5 Å². The molecule has 0 radical (unpaired) electrons. The molecule has 150 valence electrons. The molecule has 30 heavy (non-hydrogen) atoms. The van der Waals surface area contributed by atoms with Crippen LogP contribution in [0.25, 0.3) is 16.7 Å². The molecule has 4 aromatic carbocycles. The van der Waals surface area contributed by atoms with E-state index in [0.29, 0.717) is 21.4 Å². The lowest BCUT2D eigenvalue weighted by atomic mass is 10.0. The lowest BCUT2D eigenvalue weighted by molar-refractivity contribution is 1.56. The first-order valence-corrected chi connectivity index (χ1v) is 10.1. The van der Waals surface area contributed by atoms with Gasteiger partial charge in [0, 0.05) is 0 Å². The Labute approximate surface area is 187 Å². The Morgan fingerprint density at radius 1 is 0.567 bits per heavy atom. The molecular weight excluding hydrogens is 411 g/mol. The summed E-state index contributed by atoms with van der Waals surface area (Å²) in [5.74, 6) is 0. The van der Waals surface area contributed by atoms with Crippen molar-refractivity contribution < 1.29 is 0 Å². The minimum atomic E-state index is 0.533. The molecule has 0 amide bonds. The maximum atomic E-state index is 5.95. The van der Waals surface area contributed by atoms with Crippen molar-refractivity contribution in [2.45, 2.75) is 0 Å². The van der Waals surface area contributed by atoms with Crippen molar-refractivity contribution in [3.05, 3.63) is 125 Å². The third-order valence-electron chi connectivity index (χ3n) is 4.58. The van der Waals surface area contributed by atoms with Crippen molar-refractivity contribution in [3.63, 3.8) is 0 Å². The van der Waals surface area contributed by atoms with Crippen LogP contribution >= 0.6 is 23.2 Å². The largest absolute Gasteiger partial charge is 0.398 e. The fourth-order valence-electron chi connectivity index (χ4n) is 2.86. The van der Waals surface area contributed by atoms with Gasteiger partial charge in [0.25, 0.3) is 0 Å². The van der Waals surface area contributed by atoms with Crippen LogP contribution in [0.1, 0.15) is 11.1 Å². The maximum Gasteiger partial charge on any atom is 0.0641 e. The molecule has 0 unspecified atom stereocenters. The van der Waals surface area contributed by atoms with E-state index in [1.165, 1.54) is 11.1 Å². The number of nitrogens with two attached hydrogens (primary N) is 2. The summed E-state index contributed by atoms with van der Waals surface area (Å²) in [6.07, 6.45) is 0. The van der Waals surface area contributed by atoms with Gasteiger partial charge in [-0.1, -0.05) is 103 Å². The fourth-order valence-corrected chi connectivity index (χ4v) is 3.22. The average molecular weight is 433 g/mol. The first-order chi connectivity index (χ1) is 14.5. The van der Waals surface area contributed by atoms with Crippen molar-refractivity contribution in [1.29, 1.82) is 0 Å². The topological polar surface area (TPSA) is 52.0 Å². The quantitative estimate of drug-likeness (QED) is 0.327. The molecule has 2 nitrogen and oxygen atoms in total. The van der Waals surface area contributed by atoms with Gasteiger partial charge in [0.1, 0.15) is 0 Å². The zero-order valence-corrected chi connectivity index (χ0v) is 17.9. The zero-order valence-electron chi connectivity index (χ0n) is 16.4. The number of rotatable bonds is 3. The number of anilines is 2. The third kappa shape index (κ3) is 5.44. The molecule has 0 atom stereocenters. The highest BCUT2D eigenvalue weighted by Gasteiger charge is 2.04. The van der Waals surface area contributed by atoms with Crippen molar-refractivity contribution in [2.24, 2.45) is 0 Å². The third-order valence-corrected chi connectivity index (χ3v) is 5.23. The Morgan fingerprint density at radius 2 is 0.933 bits per heavy atom. The number of halogens is 2. The second kappa shape index (κ2) is 10.0. The lowest BCUT2D eigenvalue weighted by Crippen LogP contribution is -1.88. The van der Waals surface area contributed by atoms with Crippen LogP contribution < -0.4 is 11.5 Å². The summed E-state index contributed by atoms with van der Waals surface area (Å²) in [7, 11) is 0. The van der Waals surface area contributed by atoms with E-state index in [4.69, 9.17) is 34.7 Å². The number of hydrogen-bond acceptors (Lipinski definition) is 2. The van der Waals surface area contributed by atoms with Crippen LogP contribution in [0.5, 0.6) is 0 Å². The van der Waals surface area contributed by atoms with E-state index < -0.39 is 0 Å². The second-order valence-corrected chi connectivity index (χ2v) is 7.50. The summed E-state index contributed by atoms with van der Waals surface area (Å²) in [6.45, 7) is 4.10. The smallest absolute Gasteiger partial charge is 0.0641 e. The standard InChI is InChI=1S/C14H12.C12H10Cl2N2/c1-12(13-8-4-2-5-9-13)14-10-6-3-7-11-14;13-9-5-7(1-3-11(9)15)8-2-4-12(16)10(14)6-8/h2-11H,1H2;1-6H,15-16H2. The Bertz CT molecular complexity index is 1050. The number of hydrogen-bond donors (Lipinski definition) is 2. The molecule has 0 spiro atoms. The molecule has 4 aromatic rings. The summed E-state index contributed by atoms with van der Waals surface area (Å²) in [4.78, 5) is 0. The highest BCUT2D eigenvalue weighted by Crippen LogP contribution is 2.30. The number of benzene rings is 4. The first-order valence-electron chi connectivity index (χ1n) is 9.36. The molecule has 0 aromatic heterocycles. The SMILES string of the molecule is C=C(c1ccccc1)c1ccccc1.Nc1ccc(-c2ccc(N)c(Cl)c2)cc1Cl. The normalized spacial score (nSPS) is 10.1. The van der Waals surface area contributed by atoms with Crippen LogP contribution in [0.15, 0.2) is 104 Å². The fraction of sp³-hybridized carbons (Fsp3) is 0. The molecule has 0 bridgehead atoms. The Kier molecular flexibility index (Phi) is 7.18. The molecule has 0 fully saturated rings. The molecule has 0 heterocycles. The van der Waals surface area contributed by atoms with Gasteiger partial charge in [0.15, 0.2) is 0 Å². The van der Waals surface area contributed by atoms with Crippen molar-refractivity contribution in [3.8, 4) is 11.1 Å². The van der Waals surface area contributed by atoms with E-state index in [-0.39, 0.29) is 0 Å². The van der Waals surface area contributed by atoms with E-state index >= 15 is 0 Å². The predicted molar refractivity (Wildman–Crippen MR) is 132 cm³/mol. The summed E-state index contributed by atoms with van der Waals surface area (Å²) in [5, 5.41) is 1.07. The van der Waals surface area contributed by atoms with Gasteiger partial charge in [0.05, 0.1) is 21.4 Å². The molecule has 4 N–H and O–H groups in total. The van der Waals surface area contributed by atoms with Gasteiger partial charge >= 0.3 is 0 Å². The lowest BCUT2D eigenvalue weighted by Gasteiger charge is -2.06. The van der Waals surface area contributed by atoms with Crippen LogP contribution in [0, 0.1) is 0 Å². The molecule has 4 rings (SSSR count). The minimum Gasteiger partial charge on any atom is -0.398 e. The highest BCUT2D eigenvalue weighted by atomic mass is 35.5. The van der Waals surface area contributed by atoms with Crippen molar-refractivity contribution in [2.75, 3.05) is 11.5 Å². The summed E-state index contributed by atoms with van der Waals surface area (Å²) in [5.41, 5.74) is 17.8. The van der Waals surface area contributed by atoms with Gasteiger partial charge in [-0.25, -0.2) is 0 Å². The molecule has 0 aliphatic carbocycles. The summed E-state index contributed by atoms with van der Waals surface area (Å²) < 4.78 is 0. The minimum absolute atomic E-state index is 0.533. The molecular formula is C26H22Cl2N2. The number of nitrogen functional groups attached to an aromatic ring is 2. The van der Waals surface area contributed by atoms with Crippen LogP contribution in [-0.2, 0) is 0 Å². The van der Waals surface area contributed by atoms with E-state index in [1.807, 2.05) is 48.5 Å². The van der Waals surface area contributed by atoms with E-state index in [2.05, 4.69) is 30.8 Å². The average Bonchev–Trinajstić information content (AvgIpc) is 2.79. The van der Waals surface area contributed by atoms with Crippen LogP contribution in [0.3, 0.4) is 0 Å². The first kappa shape index (κ1) is 21.5. The Morgan fingerprint density at radius 3 is 1.27 bits per heavy atom. The molecule has 4 heteroatoms. The monoisotopic (exact) mass is 432 g/mol. The van der Waals surface area contributed by atoms with Gasteiger partial charge in [-0.15, -0.1) is 0 Å². The Balaban J connectivity index is 0.000000172. The summed E-state index contributed by atoms with van der Waals surface area (Å²) >= 11 is 11.9. The Hall–Kier alpha value is -3.20. The zero-order chi connectivity index (χ0) is 21.5. The van der Waals surface area contributed by atoms with Gasteiger partial charge in [0.2, 0.25) is 0 Å². The van der Waals surface area contributed by atoms with Crippen molar-refractivity contribution >= 4 is 40.1 Å². The summed E-state index contributed by atoms with van der Waals surface area (Å²) in [6, 6.07) is 31.4. The van der Waals surface area contributed by atoms with Gasteiger partial charge in [-0.3, -0.25) is 0 Å². The van der Waals surface area contributed by atoms with E-state index in [0.717, 1.165) is 16.7 Å². The van der Waals surface area contributed by atoms with Gasteiger partial charge in [-0.05, 0) is 52.1 Å². The van der Waals surface area contributed by atoms with Crippen molar-refractivity contribution in [1.82, 2.24) is 0 Å². The molecule has 0 saturated carbocycles. The maximum absolute atomic E-state index is 5.95. The van der Waals surface area contributed by atoms with Crippen LogP contribution in [0.4, 0.5) is 11.4 Å². The van der Waals surface area contributed by atoms with Crippen LogP contribution in [0.2, 0.25) is 10.0 Å². The van der Waals surface area contributed by atoms with Crippen LogP contribution in [-0.4, -0.2) is 0 Å².